The number of amides is 1. The Hall–Kier alpha value is -1.83. The Balaban J connectivity index is 2.86. The van der Waals surface area contributed by atoms with Crippen LogP contribution in [-0.2, 0) is 4.74 Å². The van der Waals surface area contributed by atoms with E-state index in [-0.39, 0.29) is 18.6 Å². The van der Waals surface area contributed by atoms with Crippen molar-refractivity contribution in [2.45, 2.75) is 26.3 Å². The van der Waals surface area contributed by atoms with Crippen LogP contribution in [0.4, 0.5) is 0 Å². The molecule has 4 heteroatoms. The van der Waals surface area contributed by atoms with Gasteiger partial charge in [0.15, 0.2) is 0 Å². The van der Waals surface area contributed by atoms with E-state index in [0.29, 0.717) is 17.7 Å². The van der Waals surface area contributed by atoms with E-state index >= 15 is 0 Å². The number of aryl methyl sites for hydroxylation is 1. The van der Waals surface area contributed by atoms with Crippen molar-refractivity contribution in [1.82, 2.24) is 5.32 Å². The molecule has 0 fully saturated rings. The number of carbonyl (C=O) groups excluding carboxylic acids is 1. The van der Waals surface area contributed by atoms with E-state index in [2.05, 4.69) is 17.2 Å². The first-order chi connectivity index (χ1) is 9.58. The molecule has 1 aromatic carbocycles. The molecule has 2 N–H and O–H groups in total. The third kappa shape index (κ3) is 5.04. The van der Waals surface area contributed by atoms with Gasteiger partial charge in [-0.15, -0.1) is 0 Å². The van der Waals surface area contributed by atoms with Crippen LogP contribution in [0.5, 0.6) is 0 Å². The molecule has 0 bridgehead atoms. The molecule has 1 rings (SSSR count). The van der Waals surface area contributed by atoms with Crippen LogP contribution in [0.1, 0.15) is 34.8 Å². The van der Waals surface area contributed by atoms with Gasteiger partial charge in [-0.3, -0.25) is 4.79 Å². The van der Waals surface area contributed by atoms with Gasteiger partial charge in [0.05, 0.1) is 5.56 Å². The van der Waals surface area contributed by atoms with Gasteiger partial charge in [-0.2, -0.15) is 0 Å². The topological polar surface area (TPSA) is 58.6 Å². The second-order valence-electron chi connectivity index (χ2n) is 4.66. The van der Waals surface area contributed by atoms with Crippen molar-refractivity contribution in [3.8, 4) is 11.8 Å². The van der Waals surface area contributed by atoms with Crippen LogP contribution in [0.2, 0.25) is 0 Å². The van der Waals surface area contributed by atoms with Crippen molar-refractivity contribution in [1.29, 1.82) is 0 Å². The maximum Gasteiger partial charge on any atom is 0.252 e. The highest BCUT2D eigenvalue weighted by atomic mass is 16.5. The quantitative estimate of drug-likeness (QED) is 0.801. The summed E-state index contributed by atoms with van der Waals surface area (Å²) >= 11 is 0. The standard InChI is InChI=1S/C16H21NO3/c1-12-6-7-15(14(11-12)5-4-9-18)16(19)17-13(2)8-10-20-3/h6-7,11,13,18H,8-10H2,1-3H3,(H,17,19). The summed E-state index contributed by atoms with van der Waals surface area (Å²) in [5.74, 6) is 5.24. The fraction of sp³-hybridized carbons (Fsp3) is 0.438. The molecule has 0 heterocycles. The molecule has 0 aliphatic rings. The van der Waals surface area contributed by atoms with Crippen LogP contribution in [-0.4, -0.2) is 37.4 Å². The van der Waals surface area contributed by atoms with Crippen LogP contribution in [0, 0.1) is 18.8 Å². The van der Waals surface area contributed by atoms with Crippen LogP contribution in [0.15, 0.2) is 18.2 Å². The van der Waals surface area contributed by atoms with Crippen molar-refractivity contribution in [2.75, 3.05) is 20.3 Å². The lowest BCUT2D eigenvalue weighted by atomic mass is 10.0. The highest BCUT2D eigenvalue weighted by molar-refractivity contribution is 5.97. The number of carbonyl (C=O) groups is 1. The van der Waals surface area contributed by atoms with E-state index in [4.69, 9.17) is 9.84 Å². The number of benzene rings is 1. The van der Waals surface area contributed by atoms with Gasteiger partial charge in [0.2, 0.25) is 0 Å². The predicted molar refractivity (Wildman–Crippen MR) is 78.6 cm³/mol. The van der Waals surface area contributed by atoms with E-state index in [1.165, 1.54) is 0 Å². The number of ether oxygens (including phenoxy) is 1. The maximum absolute atomic E-state index is 12.2. The molecule has 4 nitrogen and oxygen atoms in total. The van der Waals surface area contributed by atoms with Crippen LogP contribution < -0.4 is 5.32 Å². The maximum atomic E-state index is 12.2. The van der Waals surface area contributed by atoms with Crippen molar-refractivity contribution >= 4 is 5.91 Å². The molecule has 0 aliphatic heterocycles. The lowest BCUT2D eigenvalue weighted by Crippen LogP contribution is -2.33. The highest BCUT2D eigenvalue weighted by Gasteiger charge is 2.13. The average molecular weight is 275 g/mol. The van der Waals surface area contributed by atoms with Crippen molar-refractivity contribution in [2.24, 2.45) is 0 Å². The Kier molecular flexibility index (Phi) is 6.78. The van der Waals surface area contributed by atoms with Crippen LogP contribution in [0.3, 0.4) is 0 Å². The first-order valence-electron chi connectivity index (χ1n) is 6.58. The summed E-state index contributed by atoms with van der Waals surface area (Å²) in [4.78, 5) is 12.2. The summed E-state index contributed by atoms with van der Waals surface area (Å²) in [6.07, 6.45) is 0.756. The van der Waals surface area contributed by atoms with Gasteiger partial charge in [0.1, 0.15) is 6.61 Å². The molecule has 0 aromatic heterocycles. The molecular weight excluding hydrogens is 254 g/mol. The zero-order valence-electron chi connectivity index (χ0n) is 12.2. The first kappa shape index (κ1) is 16.2. The Bertz CT molecular complexity index is 514. The normalized spacial score (nSPS) is 11.4. The molecular formula is C16H21NO3. The Morgan fingerprint density at radius 2 is 2.25 bits per heavy atom. The summed E-state index contributed by atoms with van der Waals surface area (Å²) in [5, 5.41) is 11.7. The second kappa shape index (κ2) is 8.36. The lowest BCUT2D eigenvalue weighted by molar-refractivity contribution is 0.0929. The molecule has 1 atom stereocenters. The molecule has 1 unspecified atom stereocenters. The Labute approximate surface area is 120 Å². The van der Waals surface area contributed by atoms with E-state index in [0.717, 1.165) is 12.0 Å². The van der Waals surface area contributed by atoms with Gasteiger partial charge < -0.3 is 15.2 Å². The summed E-state index contributed by atoms with van der Waals surface area (Å²) in [6, 6.07) is 5.51. The van der Waals surface area contributed by atoms with Gasteiger partial charge in [-0.1, -0.05) is 17.9 Å². The van der Waals surface area contributed by atoms with Crippen LogP contribution in [0.25, 0.3) is 0 Å². The highest BCUT2D eigenvalue weighted by Crippen LogP contribution is 2.11. The molecule has 108 valence electrons. The summed E-state index contributed by atoms with van der Waals surface area (Å²) in [7, 11) is 1.64. The number of aliphatic hydroxyl groups excluding tert-OH is 1. The summed E-state index contributed by atoms with van der Waals surface area (Å²) in [5.41, 5.74) is 2.19. The van der Waals surface area contributed by atoms with Crippen molar-refractivity contribution in [3.05, 3.63) is 34.9 Å². The zero-order valence-corrected chi connectivity index (χ0v) is 12.2. The summed E-state index contributed by atoms with van der Waals surface area (Å²) < 4.78 is 4.99. The number of hydrogen-bond acceptors (Lipinski definition) is 3. The molecule has 0 radical (unpaired) electrons. The fourth-order valence-electron chi connectivity index (χ4n) is 1.76. The van der Waals surface area contributed by atoms with Crippen molar-refractivity contribution in [3.63, 3.8) is 0 Å². The zero-order chi connectivity index (χ0) is 15.0. The third-order valence-corrected chi connectivity index (χ3v) is 2.85. The van der Waals surface area contributed by atoms with Crippen molar-refractivity contribution < 1.29 is 14.6 Å². The Morgan fingerprint density at radius 3 is 2.90 bits per heavy atom. The molecule has 1 amide bonds. The molecule has 0 spiro atoms. The Morgan fingerprint density at radius 1 is 1.50 bits per heavy atom. The van der Waals surface area contributed by atoms with E-state index in [1.807, 2.05) is 26.0 Å². The number of methoxy groups -OCH3 is 1. The SMILES string of the molecule is COCCC(C)NC(=O)c1ccc(C)cc1C#CCO. The van der Waals surface area contributed by atoms with E-state index in [9.17, 15) is 4.79 Å². The largest absolute Gasteiger partial charge is 0.385 e. The molecule has 1 aromatic rings. The summed E-state index contributed by atoms with van der Waals surface area (Å²) in [6.45, 7) is 4.25. The fourth-order valence-corrected chi connectivity index (χ4v) is 1.76. The predicted octanol–water partition coefficient (Wildman–Crippen LogP) is 1.49. The smallest absolute Gasteiger partial charge is 0.252 e. The molecule has 20 heavy (non-hydrogen) atoms. The van der Waals surface area contributed by atoms with E-state index in [1.54, 1.807) is 13.2 Å². The van der Waals surface area contributed by atoms with Gasteiger partial charge in [-0.05, 0) is 38.0 Å². The van der Waals surface area contributed by atoms with Crippen LogP contribution >= 0.6 is 0 Å². The number of aliphatic hydroxyl groups is 1. The van der Waals surface area contributed by atoms with Gasteiger partial charge >= 0.3 is 0 Å². The van der Waals surface area contributed by atoms with Gasteiger partial charge in [0, 0.05) is 25.3 Å². The molecule has 0 aliphatic carbocycles. The first-order valence-corrected chi connectivity index (χ1v) is 6.58. The third-order valence-electron chi connectivity index (χ3n) is 2.85. The second-order valence-corrected chi connectivity index (χ2v) is 4.66. The minimum Gasteiger partial charge on any atom is -0.385 e. The average Bonchev–Trinajstić information content (AvgIpc) is 2.42. The van der Waals surface area contributed by atoms with Gasteiger partial charge in [0.25, 0.3) is 5.91 Å². The number of rotatable bonds is 5. The molecule has 0 saturated carbocycles. The van der Waals surface area contributed by atoms with Gasteiger partial charge in [-0.25, -0.2) is 0 Å². The molecule has 0 saturated heterocycles. The number of hydrogen-bond donors (Lipinski definition) is 2. The monoisotopic (exact) mass is 275 g/mol. The lowest BCUT2D eigenvalue weighted by Gasteiger charge is -2.14. The van der Waals surface area contributed by atoms with E-state index < -0.39 is 0 Å². The minimum atomic E-state index is -0.223. The minimum absolute atomic E-state index is 0.0300. The number of nitrogens with one attached hydrogen (secondary N) is 1.